The van der Waals surface area contributed by atoms with Crippen LogP contribution >= 0.6 is 0 Å². The fraction of sp³-hybridized carbons (Fsp3) is 0.344. The molecule has 3 aliphatic rings. The van der Waals surface area contributed by atoms with Gasteiger partial charge in [-0.05, 0) is 95.9 Å². The van der Waals surface area contributed by atoms with Crippen LogP contribution in [0.25, 0.3) is 22.1 Å². The van der Waals surface area contributed by atoms with Crippen molar-refractivity contribution in [2.45, 2.75) is 44.6 Å². The number of rotatable bonds is 7. The largest absolute Gasteiger partial charge is 0.508 e. The van der Waals surface area contributed by atoms with Crippen molar-refractivity contribution in [3.63, 3.8) is 0 Å². The molecule has 38 heavy (non-hydrogen) atoms. The molecule has 1 aliphatic heterocycles. The number of likely N-dealkylation sites (tertiary alicyclic amines) is 1. The van der Waals surface area contributed by atoms with E-state index >= 15 is 0 Å². The predicted molar refractivity (Wildman–Crippen MR) is 148 cm³/mol. The number of hydrogen-bond donors (Lipinski definition) is 1. The van der Waals surface area contributed by atoms with Crippen LogP contribution in [0.4, 0.5) is 4.39 Å². The number of aromatic nitrogens is 1. The van der Waals surface area contributed by atoms with Gasteiger partial charge in [0.25, 0.3) is 0 Å². The van der Waals surface area contributed by atoms with E-state index in [1.54, 1.807) is 12.3 Å². The van der Waals surface area contributed by atoms with Crippen molar-refractivity contribution in [3.05, 3.63) is 94.9 Å². The molecule has 5 nitrogen and oxygen atoms in total. The monoisotopic (exact) mass is 512 g/mol. The number of fused-ring (bicyclic) bond motifs is 2. The molecule has 1 N–H and O–H groups in total. The zero-order valence-electron chi connectivity index (χ0n) is 21.5. The lowest BCUT2D eigenvalue weighted by atomic mass is 9.87. The highest BCUT2D eigenvalue weighted by atomic mass is 19.1. The standard InChI is InChI=1S/C32H33FN2O3/c33-15-3-16-35-17-14-28(21-35)37-27-6-1-4-22(10-12-27)32-29(24-8-9-25-20-34-38-31(25)19-24)7-2-5-23-18-26(36)11-13-30(23)32/h1,4,8-13,18-20,28,36H,2-3,5-7,14-17,21H2/t28-/m0/s1. The van der Waals surface area contributed by atoms with Crippen molar-refractivity contribution >= 4 is 22.1 Å². The Morgan fingerprint density at radius 3 is 3.00 bits per heavy atom. The third-order valence-corrected chi connectivity index (χ3v) is 7.75. The summed E-state index contributed by atoms with van der Waals surface area (Å²) in [5.74, 6) is 1.26. The van der Waals surface area contributed by atoms with Gasteiger partial charge in [-0.25, -0.2) is 0 Å². The molecular weight excluding hydrogens is 479 g/mol. The molecule has 1 fully saturated rings. The minimum Gasteiger partial charge on any atom is -0.508 e. The first kappa shape index (κ1) is 24.7. The SMILES string of the molecule is Oc1ccc2c(c1)CCCC(c1ccc3cnoc3c1)=C2C1=CC=C(O[C@H]2CCN(CCCF)C2)CC=C1. The lowest BCUT2D eigenvalue weighted by Gasteiger charge is -2.17. The average Bonchev–Trinajstić information content (AvgIpc) is 3.46. The van der Waals surface area contributed by atoms with Gasteiger partial charge in [-0.15, -0.1) is 0 Å². The van der Waals surface area contributed by atoms with Crippen molar-refractivity contribution in [2.75, 3.05) is 26.3 Å². The Labute approximate surface area is 222 Å². The van der Waals surface area contributed by atoms with Crippen LogP contribution in [0.15, 0.2) is 82.8 Å². The zero-order valence-corrected chi connectivity index (χ0v) is 21.5. The third-order valence-electron chi connectivity index (χ3n) is 7.75. The molecule has 2 heterocycles. The summed E-state index contributed by atoms with van der Waals surface area (Å²) in [5.41, 5.74) is 7.80. The molecule has 0 amide bonds. The highest BCUT2D eigenvalue weighted by molar-refractivity contribution is 6.02. The van der Waals surface area contributed by atoms with Crippen molar-refractivity contribution < 1.29 is 18.8 Å². The third kappa shape index (κ3) is 5.18. The van der Waals surface area contributed by atoms with Gasteiger partial charge in [0.2, 0.25) is 0 Å². The first-order valence-corrected chi connectivity index (χ1v) is 13.6. The Bertz CT molecular complexity index is 1450. The van der Waals surface area contributed by atoms with E-state index in [1.165, 1.54) is 11.1 Å². The first-order valence-electron chi connectivity index (χ1n) is 13.6. The van der Waals surface area contributed by atoms with Gasteiger partial charge in [0, 0.05) is 31.4 Å². The summed E-state index contributed by atoms with van der Waals surface area (Å²) < 4.78 is 24.5. The number of benzene rings is 2. The quantitative estimate of drug-likeness (QED) is 0.369. The van der Waals surface area contributed by atoms with Crippen LogP contribution in [-0.2, 0) is 11.2 Å². The Kier molecular flexibility index (Phi) is 7.14. The number of ether oxygens (including phenoxy) is 1. The summed E-state index contributed by atoms with van der Waals surface area (Å²) in [6.45, 7) is 2.35. The number of alkyl halides is 1. The van der Waals surface area contributed by atoms with Crippen LogP contribution in [0.1, 0.15) is 48.8 Å². The summed E-state index contributed by atoms with van der Waals surface area (Å²) in [6.07, 6.45) is 15.6. The van der Waals surface area contributed by atoms with Crippen LogP contribution in [0.2, 0.25) is 0 Å². The van der Waals surface area contributed by atoms with Gasteiger partial charge in [0.15, 0.2) is 5.58 Å². The molecule has 1 aromatic heterocycles. The zero-order chi connectivity index (χ0) is 25.9. The van der Waals surface area contributed by atoms with Crippen LogP contribution in [0.3, 0.4) is 0 Å². The van der Waals surface area contributed by atoms with Gasteiger partial charge in [-0.1, -0.05) is 35.5 Å². The van der Waals surface area contributed by atoms with Crippen molar-refractivity contribution in [3.8, 4) is 5.75 Å². The topological polar surface area (TPSA) is 58.7 Å². The van der Waals surface area contributed by atoms with Crippen LogP contribution < -0.4 is 0 Å². The summed E-state index contributed by atoms with van der Waals surface area (Å²) in [4.78, 5) is 2.29. The highest BCUT2D eigenvalue weighted by Crippen LogP contribution is 2.42. The van der Waals surface area contributed by atoms with E-state index in [0.717, 1.165) is 90.7 Å². The maximum Gasteiger partial charge on any atom is 0.167 e. The minimum absolute atomic E-state index is 0.147. The average molecular weight is 513 g/mol. The molecule has 0 spiro atoms. The number of nitrogens with zero attached hydrogens (tertiary/aromatic N) is 2. The van der Waals surface area contributed by atoms with Crippen LogP contribution in [0, 0.1) is 0 Å². The molecule has 3 aromatic rings. The number of phenolic OH excluding ortho intramolecular Hbond substituents is 1. The first-order chi connectivity index (χ1) is 18.7. The molecule has 1 saturated heterocycles. The second kappa shape index (κ2) is 11.0. The smallest absolute Gasteiger partial charge is 0.167 e. The Hall–Kier alpha value is -3.64. The molecule has 196 valence electrons. The van der Waals surface area contributed by atoms with Gasteiger partial charge < -0.3 is 14.4 Å². The van der Waals surface area contributed by atoms with Crippen molar-refractivity contribution in [2.24, 2.45) is 0 Å². The molecule has 1 atom stereocenters. The normalized spacial score (nSPS) is 20.2. The van der Waals surface area contributed by atoms with Gasteiger partial charge in [0.05, 0.1) is 12.9 Å². The molecule has 2 aliphatic carbocycles. The highest BCUT2D eigenvalue weighted by Gasteiger charge is 2.25. The fourth-order valence-electron chi connectivity index (χ4n) is 5.90. The molecular formula is C32H33FN2O3. The second-order valence-electron chi connectivity index (χ2n) is 10.4. The number of halogens is 1. The Morgan fingerprint density at radius 1 is 1.13 bits per heavy atom. The molecule has 0 saturated carbocycles. The fourth-order valence-corrected chi connectivity index (χ4v) is 5.90. The Balaban J connectivity index is 1.36. The summed E-state index contributed by atoms with van der Waals surface area (Å²) in [7, 11) is 0. The number of allylic oxidation sites excluding steroid dienone is 7. The van der Waals surface area contributed by atoms with E-state index in [-0.39, 0.29) is 12.8 Å². The van der Waals surface area contributed by atoms with E-state index in [1.807, 2.05) is 12.1 Å². The lowest BCUT2D eigenvalue weighted by Crippen LogP contribution is -2.24. The number of hydrogen-bond acceptors (Lipinski definition) is 5. The maximum absolute atomic E-state index is 12.6. The minimum atomic E-state index is -0.265. The summed E-state index contributed by atoms with van der Waals surface area (Å²) in [6, 6.07) is 12.0. The van der Waals surface area contributed by atoms with Crippen molar-refractivity contribution in [1.82, 2.24) is 10.1 Å². The molecule has 0 bridgehead atoms. The molecule has 6 rings (SSSR count). The van der Waals surface area contributed by atoms with Gasteiger partial charge in [-0.2, -0.15) is 0 Å². The maximum atomic E-state index is 12.6. The summed E-state index contributed by atoms with van der Waals surface area (Å²) >= 11 is 0. The lowest BCUT2D eigenvalue weighted by molar-refractivity contribution is 0.117. The second-order valence-corrected chi connectivity index (χ2v) is 10.4. The van der Waals surface area contributed by atoms with Crippen LogP contribution in [-0.4, -0.2) is 47.6 Å². The molecule has 6 heteroatoms. The van der Waals surface area contributed by atoms with Gasteiger partial charge >= 0.3 is 0 Å². The number of aryl methyl sites for hydroxylation is 1. The van der Waals surface area contributed by atoms with E-state index in [4.69, 9.17) is 9.26 Å². The van der Waals surface area contributed by atoms with E-state index < -0.39 is 0 Å². The van der Waals surface area contributed by atoms with Gasteiger partial charge in [0.1, 0.15) is 17.6 Å². The molecule has 0 unspecified atom stereocenters. The molecule has 2 aromatic carbocycles. The van der Waals surface area contributed by atoms with Crippen molar-refractivity contribution in [1.29, 1.82) is 0 Å². The molecule has 0 radical (unpaired) electrons. The summed E-state index contributed by atoms with van der Waals surface area (Å²) in [5, 5.41) is 15.2. The predicted octanol–water partition coefficient (Wildman–Crippen LogP) is 7.00. The Morgan fingerprint density at radius 2 is 2.08 bits per heavy atom. The van der Waals surface area contributed by atoms with E-state index in [0.29, 0.717) is 12.2 Å². The van der Waals surface area contributed by atoms with E-state index in [2.05, 4.69) is 52.6 Å². The number of phenols is 1. The van der Waals surface area contributed by atoms with Gasteiger partial charge in [-0.3, -0.25) is 9.29 Å². The van der Waals surface area contributed by atoms with E-state index in [9.17, 15) is 9.50 Å². The number of aromatic hydroxyl groups is 1. The van der Waals surface area contributed by atoms with Crippen LogP contribution in [0.5, 0.6) is 5.75 Å².